The molecule has 0 saturated heterocycles. The first kappa shape index (κ1) is 15.6. The number of hydrogen-bond acceptors (Lipinski definition) is 2. The Morgan fingerprint density at radius 2 is 2.05 bits per heavy atom. The number of carboxylic acids is 1. The molecule has 106 valence electrons. The van der Waals surface area contributed by atoms with Gasteiger partial charge in [-0.05, 0) is 30.5 Å². The summed E-state index contributed by atoms with van der Waals surface area (Å²) >= 11 is 5.78. The molecule has 1 rings (SSSR count). The summed E-state index contributed by atoms with van der Waals surface area (Å²) in [5.74, 6) is -1.11. The van der Waals surface area contributed by atoms with Crippen LogP contribution in [0, 0.1) is 0 Å². The minimum Gasteiger partial charge on any atom is -0.495 e. The van der Waals surface area contributed by atoms with E-state index in [2.05, 4.69) is 0 Å². The highest BCUT2D eigenvalue weighted by atomic mass is 35.5. The first-order valence-electron chi connectivity index (χ1n) is 5.41. The molecule has 0 unspecified atom stereocenters. The first-order chi connectivity index (χ1) is 8.75. The summed E-state index contributed by atoms with van der Waals surface area (Å²) < 4.78 is 43.4. The maximum Gasteiger partial charge on any atom is 0.416 e. The molecule has 0 fully saturated rings. The van der Waals surface area contributed by atoms with Crippen molar-refractivity contribution in [1.82, 2.24) is 0 Å². The minimum atomic E-state index is -4.53. The van der Waals surface area contributed by atoms with E-state index in [-0.39, 0.29) is 35.6 Å². The molecule has 0 heterocycles. The molecule has 7 heteroatoms. The van der Waals surface area contributed by atoms with Crippen LogP contribution >= 0.6 is 11.6 Å². The fourth-order valence-electron chi connectivity index (χ4n) is 1.65. The van der Waals surface area contributed by atoms with Gasteiger partial charge < -0.3 is 9.84 Å². The minimum absolute atomic E-state index is 0.00907. The van der Waals surface area contributed by atoms with E-state index in [4.69, 9.17) is 21.4 Å². The van der Waals surface area contributed by atoms with E-state index in [9.17, 15) is 18.0 Å². The second-order valence-electron chi connectivity index (χ2n) is 3.89. The zero-order chi connectivity index (χ0) is 14.6. The summed E-state index contributed by atoms with van der Waals surface area (Å²) in [6.45, 7) is 0. The Hall–Kier alpha value is -1.43. The molecule has 0 spiro atoms. The van der Waals surface area contributed by atoms with Crippen molar-refractivity contribution < 1.29 is 27.8 Å². The Labute approximate surface area is 112 Å². The number of aryl methyl sites for hydroxylation is 1. The van der Waals surface area contributed by atoms with Crippen molar-refractivity contribution in [3.63, 3.8) is 0 Å². The third-order valence-corrected chi connectivity index (χ3v) is 2.82. The summed E-state index contributed by atoms with van der Waals surface area (Å²) in [5, 5.41) is 8.56. The predicted molar refractivity (Wildman–Crippen MR) is 63.6 cm³/mol. The van der Waals surface area contributed by atoms with Gasteiger partial charge in [-0.2, -0.15) is 13.2 Å². The molecule has 0 radical (unpaired) electrons. The molecule has 0 aliphatic heterocycles. The maximum absolute atomic E-state index is 12.9. The molecule has 1 N–H and O–H groups in total. The van der Waals surface area contributed by atoms with Crippen LogP contribution in [0.2, 0.25) is 5.02 Å². The Kier molecular flexibility index (Phi) is 5.05. The number of methoxy groups -OCH3 is 1. The van der Waals surface area contributed by atoms with Crippen molar-refractivity contribution in [1.29, 1.82) is 0 Å². The number of alkyl halides is 3. The SMILES string of the molecule is COc1cc(C(F)(F)F)c(CCCC(=O)O)cc1Cl. The molecule has 0 aliphatic rings. The maximum atomic E-state index is 12.9. The number of carboxylic acid groups (broad SMARTS) is 1. The van der Waals surface area contributed by atoms with Crippen LogP contribution in [0.25, 0.3) is 0 Å². The highest BCUT2D eigenvalue weighted by Crippen LogP contribution is 2.38. The molecule has 0 saturated carbocycles. The third kappa shape index (κ3) is 4.31. The van der Waals surface area contributed by atoms with E-state index in [1.54, 1.807) is 0 Å². The monoisotopic (exact) mass is 296 g/mol. The van der Waals surface area contributed by atoms with Gasteiger partial charge in [0.15, 0.2) is 0 Å². The largest absolute Gasteiger partial charge is 0.495 e. The van der Waals surface area contributed by atoms with E-state index >= 15 is 0 Å². The van der Waals surface area contributed by atoms with Gasteiger partial charge in [0.05, 0.1) is 17.7 Å². The molecule has 0 aliphatic carbocycles. The second kappa shape index (κ2) is 6.14. The quantitative estimate of drug-likeness (QED) is 0.899. The summed E-state index contributed by atoms with van der Waals surface area (Å²) in [6, 6.07) is 2.00. The molecule has 1 aromatic carbocycles. The van der Waals surface area contributed by atoms with Crippen molar-refractivity contribution in [2.75, 3.05) is 7.11 Å². The van der Waals surface area contributed by atoms with Crippen LogP contribution < -0.4 is 4.74 Å². The number of aliphatic carboxylic acids is 1. The zero-order valence-electron chi connectivity index (χ0n) is 10.1. The summed E-state index contributed by atoms with van der Waals surface area (Å²) in [7, 11) is 1.23. The van der Waals surface area contributed by atoms with E-state index in [1.165, 1.54) is 13.2 Å². The number of benzene rings is 1. The van der Waals surface area contributed by atoms with Crippen LogP contribution in [0.3, 0.4) is 0 Å². The number of carbonyl (C=O) groups is 1. The Bertz CT molecular complexity index is 472. The summed E-state index contributed by atoms with van der Waals surface area (Å²) in [4.78, 5) is 10.4. The van der Waals surface area contributed by atoms with Gasteiger partial charge in [0.1, 0.15) is 5.75 Å². The Morgan fingerprint density at radius 1 is 1.42 bits per heavy atom. The predicted octanol–water partition coefficient (Wildman–Crippen LogP) is 3.77. The zero-order valence-corrected chi connectivity index (χ0v) is 10.8. The van der Waals surface area contributed by atoms with E-state index in [0.29, 0.717) is 0 Å². The molecular weight excluding hydrogens is 285 g/mol. The summed E-state index contributed by atoms with van der Waals surface area (Å²) in [5.41, 5.74) is -0.876. The number of rotatable bonds is 5. The molecule has 3 nitrogen and oxygen atoms in total. The smallest absolute Gasteiger partial charge is 0.416 e. The van der Waals surface area contributed by atoms with Crippen molar-refractivity contribution in [3.05, 3.63) is 28.3 Å². The number of hydrogen-bond donors (Lipinski definition) is 1. The van der Waals surface area contributed by atoms with E-state index in [1.807, 2.05) is 0 Å². The van der Waals surface area contributed by atoms with Crippen molar-refractivity contribution in [2.45, 2.75) is 25.4 Å². The molecule has 0 amide bonds. The molecular formula is C12H12ClF3O3. The van der Waals surface area contributed by atoms with Crippen molar-refractivity contribution >= 4 is 17.6 Å². The van der Waals surface area contributed by atoms with Crippen molar-refractivity contribution in [3.8, 4) is 5.75 Å². The topological polar surface area (TPSA) is 46.5 Å². The molecule has 0 atom stereocenters. The van der Waals surface area contributed by atoms with Crippen LogP contribution in [0.5, 0.6) is 5.75 Å². The fourth-order valence-corrected chi connectivity index (χ4v) is 1.92. The van der Waals surface area contributed by atoms with Crippen LogP contribution in [-0.4, -0.2) is 18.2 Å². The Morgan fingerprint density at radius 3 is 2.53 bits per heavy atom. The average molecular weight is 297 g/mol. The van der Waals surface area contributed by atoms with Gasteiger partial charge in [0.25, 0.3) is 0 Å². The average Bonchev–Trinajstić information content (AvgIpc) is 2.27. The number of halogens is 4. The van der Waals surface area contributed by atoms with Gasteiger partial charge >= 0.3 is 12.1 Å². The lowest BCUT2D eigenvalue weighted by atomic mass is 10.0. The van der Waals surface area contributed by atoms with Crippen LogP contribution in [0.4, 0.5) is 13.2 Å². The second-order valence-corrected chi connectivity index (χ2v) is 4.30. The van der Waals surface area contributed by atoms with E-state index < -0.39 is 17.7 Å². The van der Waals surface area contributed by atoms with Gasteiger partial charge in [-0.15, -0.1) is 0 Å². The van der Waals surface area contributed by atoms with Crippen LogP contribution in [0.1, 0.15) is 24.0 Å². The molecule has 1 aromatic rings. The van der Waals surface area contributed by atoms with Crippen LogP contribution in [-0.2, 0) is 17.4 Å². The highest BCUT2D eigenvalue weighted by Gasteiger charge is 2.34. The number of ether oxygens (including phenoxy) is 1. The molecule has 0 bridgehead atoms. The van der Waals surface area contributed by atoms with Gasteiger partial charge in [0.2, 0.25) is 0 Å². The molecule has 0 aromatic heterocycles. The lowest BCUT2D eigenvalue weighted by Gasteiger charge is -2.15. The van der Waals surface area contributed by atoms with Gasteiger partial charge in [-0.25, -0.2) is 0 Å². The first-order valence-corrected chi connectivity index (χ1v) is 5.79. The Balaban J connectivity index is 3.07. The fraction of sp³-hybridized carbons (Fsp3) is 0.417. The van der Waals surface area contributed by atoms with Gasteiger partial charge in [-0.1, -0.05) is 11.6 Å². The van der Waals surface area contributed by atoms with E-state index in [0.717, 1.165) is 6.07 Å². The lowest BCUT2D eigenvalue weighted by Crippen LogP contribution is -2.10. The van der Waals surface area contributed by atoms with Gasteiger partial charge in [-0.3, -0.25) is 4.79 Å². The van der Waals surface area contributed by atoms with Gasteiger partial charge in [0, 0.05) is 6.42 Å². The summed E-state index contributed by atoms with van der Waals surface area (Å²) in [6.07, 6.45) is -4.62. The van der Waals surface area contributed by atoms with Crippen LogP contribution in [0.15, 0.2) is 12.1 Å². The lowest BCUT2D eigenvalue weighted by molar-refractivity contribution is -0.138. The standard InChI is InChI=1S/C12H12ClF3O3/c1-19-10-6-8(12(14,15)16)7(5-9(10)13)3-2-4-11(17)18/h5-6H,2-4H2,1H3,(H,17,18). The molecule has 19 heavy (non-hydrogen) atoms. The highest BCUT2D eigenvalue weighted by molar-refractivity contribution is 6.32. The third-order valence-electron chi connectivity index (χ3n) is 2.52. The van der Waals surface area contributed by atoms with Crippen molar-refractivity contribution in [2.24, 2.45) is 0 Å². The normalized spacial score (nSPS) is 11.4.